The van der Waals surface area contributed by atoms with Gasteiger partial charge in [-0.15, -0.1) is 0 Å². The standard InChI is InChI=1S/C9H9BrFNS/c1-2-12-5-6-3-4-7(11)8(10)9(6)13-12/h3-4H,2,5H2,1H3. The fraction of sp³-hybridized carbons (Fsp3) is 0.333. The van der Waals surface area contributed by atoms with E-state index in [0.717, 1.165) is 18.0 Å². The maximum absolute atomic E-state index is 13.1. The summed E-state index contributed by atoms with van der Waals surface area (Å²) in [5.41, 5.74) is 1.21. The van der Waals surface area contributed by atoms with Crippen LogP contribution >= 0.6 is 27.9 Å². The third-order valence-corrected chi connectivity index (χ3v) is 4.38. The van der Waals surface area contributed by atoms with E-state index in [1.165, 1.54) is 11.6 Å². The lowest BCUT2D eigenvalue weighted by atomic mass is 10.2. The molecule has 1 aromatic rings. The Hall–Kier alpha value is -0.0600. The van der Waals surface area contributed by atoms with E-state index in [1.54, 1.807) is 11.9 Å². The quantitative estimate of drug-likeness (QED) is 0.713. The number of nitrogens with zero attached hydrogens (tertiary/aromatic N) is 1. The molecule has 70 valence electrons. The molecule has 0 aliphatic carbocycles. The summed E-state index contributed by atoms with van der Waals surface area (Å²) >= 11 is 4.89. The van der Waals surface area contributed by atoms with E-state index < -0.39 is 0 Å². The van der Waals surface area contributed by atoms with Crippen LogP contribution < -0.4 is 0 Å². The molecular formula is C9H9BrFNS. The average molecular weight is 262 g/mol. The molecule has 1 aliphatic rings. The van der Waals surface area contributed by atoms with Gasteiger partial charge >= 0.3 is 0 Å². The van der Waals surface area contributed by atoms with Crippen molar-refractivity contribution in [3.8, 4) is 0 Å². The number of fused-ring (bicyclic) bond motifs is 1. The molecule has 0 radical (unpaired) electrons. The van der Waals surface area contributed by atoms with Gasteiger partial charge in [-0.2, -0.15) is 0 Å². The summed E-state index contributed by atoms with van der Waals surface area (Å²) in [6.45, 7) is 3.99. The van der Waals surface area contributed by atoms with E-state index in [1.807, 2.05) is 6.07 Å². The topological polar surface area (TPSA) is 3.24 Å². The number of benzene rings is 1. The van der Waals surface area contributed by atoms with Crippen molar-refractivity contribution < 1.29 is 4.39 Å². The van der Waals surface area contributed by atoms with E-state index in [9.17, 15) is 4.39 Å². The minimum Gasteiger partial charge on any atom is -0.242 e. The SMILES string of the molecule is CCN1Cc2ccc(F)c(Br)c2S1. The van der Waals surface area contributed by atoms with Crippen LogP contribution in [0.1, 0.15) is 12.5 Å². The van der Waals surface area contributed by atoms with Crippen LogP contribution in [0.2, 0.25) is 0 Å². The molecule has 1 aliphatic heterocycles. The molecule has 0 unspecified atom stereocenters. The van der Waals surface area contributed by atoms with E-state index >= 15 is 0 Å². The van der Waals surface area contributed by atoms with Crippen molar-refractivity contribution in [1.29, 1.82) is 0 Å². The van der Waals surface area contributed by atoms with Crippen LogP contribution in [0, 0.1) is 5.82 Å². The molecule has 0 fully saturated rings. The molecule has 1 nitrogen and oxygen atoms in total. The molecule has 0 saturated heterocycles. The maximum Gasteiger partial charge on any atom is 0.138 e. The fourth-order valence-corrected chi connectivity index (χ4v) is 2.95. The molecule has 0 amide bonds. The third kappa shape index (κ3) is 1.63. The zero-order valence-electron chi connectivity index (χ0n) is 7.18. The van der Waals surface area contributed by atoms with Gasteiger partial charge in [0.15, 0.2) is 0 Å². The highest BCUT2D eigenvalue weighted by atomic mass is 79.9. The molecule has 4 heteroatoms. The molecular weight excluding hydrogens is 253 g/mol. The lowest BCUT2D eigenvalue weighted by Gasteiger charge is -2.07. The summed E-state index contributed by atoms with van der Waals surface area (Å²) < 4.78 is 15.9. The Morgan fingerprint density at radius 3 is 3.08 bits per heavy atom. The van der Waals surface area contributed by atoms with Gasteiger partial charge in [-0.1, -0.05) is 13.0 Å². The molecule has 0 atom stereocenters. The predicted molar refractivity (Wildman–Crippen MR) is 56.0 cm³/mol. The van der Waals surface area contributed by atoms with Crippen molar-refractivity contribution in [3.63, 3.8) is 0 Å². The smallest absolute Gasteiger partial charge is 0.138 e. The van der Waals surface area contributed by atoms with Crippen molar-refractivity contribution in [2.45, 2.75) is 18.4 Å². The Labute approximate surface area is 89.6 Å². The summed E-state index contributed by atoms with van der Waals surface area (Å²) in [5.74, 6) is -0.177. The monoisotopic (exact) mass is 261 g/mol. The van der Waals surface area contributed by atoms with Crippen LogP contribution in [-0.2, 0) is 6.54 Å². The zero-order valence-corrected chi connectivity index (χ0v) is 9.58. The van der Waals surface area contributed by atoms with Crippen LogP contribution in [0.5, 0.6) is 0 Å². The molecule has 0 N–H and O–H groups in total. The maximum atomic E-state index is 13.1. The van der Waals surface area contributed by atoms with Gasteiger partial charge in [0.25, 0.3) is 0 Å². The van der Waals surface area contributed by atoms with Gasteiger partial charge in [-0.25, -0.2) is 8.70 Å². The Kier molecular flexibility index (Phi) is 2.62. The fourth-order valence-electron chi connectivity index (χ4n) is 1.32. The van der Waals surface area contributed by atoms with E-state index in [-0.39, 0.29) is 5.82 Å². The second-order valence-electron chi connectivity index (χ2n) is 2.90. The van der Waals surface area contributed by atoms with Crippen molar-refractivity contribution in [2.75, 3.05) is 6.54 Å². The van der Waals surface area contributed by atoms with Crippen LogP contribution in [0.25, 0.3) is 0 Å². The number of rotatable bonds is 1. The van der Waals surface area contributed by atoms with Gasteiger partial charge in [-0.3, -0.25) is 0 Å². The molecule has 0 bridgehead atoms. The molecule has 1 heterocycles. The van der Waals surface area contributed by atoms with E-state index in [4.69, 9.17) is 0 Å². The van der Waals surface area contributed by atoms with Gasteiger partial charge < -0.3 is 0 Å². The van der Waals surface area contributed by atoms with Crippen molar-refractivity contribution in [2.24, 2.45) is 0 Å². The van der Waals surface area contributed by atoms with Gasteiger partial charge in [0.1, 0.15) is 5.82 Å². The van der Waals surface area contributed by atoms with Crippen LogP contribution in [0.4, 0.5) is 4.39 Å². The van der Waals surface area contributed by atoms with E-state index in [0.29, 0.717) is 4.47 Å². The Morgan fingerprint density at radius 2 is 2.38 bits per heavy atom. The third-order valence-electron chi connectivity index (χ3n) is 2.05. The lowest BCUT2D eigenvalue weighted by Crippen LogP contribution is -2.07. The van der Waals surface area contributed by atoms with Crippen molar-refractivity contribution in [3.05, 3.63) is 28.0 Å². The van der Waals surface area contributed by atoms with Gasteiger partial charge in [0.05, 0.1) is 4.47 Å². The van der Waals surface area contributed by atoms with Crippen molar-refractivity contribution >= 4 is 27.9 Å². The molecule has 0 aromatic heterocycles. The summed E-state index contributed by atoms with van der Waals surface area (Å²) in [4.78, 5) is 1.03. The second-order valence-corrected chi connectivity index (χ2v) is 4.80. The van der Waals surface area contributed by atoms with E-state index in [2.05, 4.69) is 27.2 Å². The highest BCUT2D eigenvalue weighted by Gasteiger charge is 2.22. The Bertz CT molecular complexity index is 343. The number of halogens is 2. The van der Waals surface area contributed by atoms with Gasteiger partial charge in [0.2, 0.25) is 0 Å². The number of hydrogen-bond acceptors (Lipinski definition) is 2. The highest BCUT2D eigenvalue weighted by molar-refractivity contribution is 9.10. The molecule has 13 heavy (non-hydrogen) atoms. The zero-order chi connectivity index (χ0) is 9.42. The van der Waals surface area contributed by atoms with Crippen LogP contribution in [0.3, 0.4) is 0 Å². The van der Waals surface area contributed by atoms with Crippen molar-refractivity contribution in [1.82, 2.24) is 4.31 Å². The summed E-state index contributed by atoms with van der Waals surface area (Å²) in [6.07, 6.45) is 0. The normalized spacial score (nSPS) is 16.2. The van der Waals surface area contributed by atoms with Gasteiger partial charge in [0, 0.05) is 18.0 Å². The minimum atomic E-state index is -0.177. The largest absolute Gasteiger partial charge is 0.242 e. The summed E-state index contributed by atoms with van der Waals surface area (Å²) in [5, 5.41) is 0. The first kappa shape index (κ1) is 9.49. The predicted octanol–water partition coefficient (Wildman–Crippen LogP) is 3.43. The average Bonchev–Trinajstić information content (AvgIpc) is 2.55. The highest BCUT2D eigenvalue weighted by Crippen LogP contribution is 2.41. The Morgan fingerprint density at radius 1 is 1.62 bits per heavy atom. The summed E-state index contributed by atoms with van der Waals surface area (Å²) in [7, 11) is 0. The molecule has 0 saturated carbocycles. The Balaban J connectivity index is 2.40. The number of hydrogen-bond donors (Lipinski definition) is 0. The first-order chi connectivity index (χ1) is 6.22. The lowest BCUT2D eigenvalue weighted by molar-refractivity contribution is 0.506. The summed E-state index contributed by atoms with van der Waals surface area (Å²) in [6, 6.07) is 3.38. The van der Waals surface area contributed by atoms with Crippen LogP contribution in [0.15, 0.2) is 21.5 Å². The second kappa shape index (κ2) is 3.59. The molecule has 0 spiro atoms. The minimum absolute atomic E-state index is 0.177. The molecule has 1 aromatic carbocycles. The van der Waals surface area contributed by atoms with Gasteiger partial charge in [-0.05, 0) is 39.5 Å². The first-order valence-corrected chi connectivity index (χ1v) is 5.68. The van der Waals surface area contributed by atoms with Crippen LogP contribution in [-0.4, -0.2) is 10.8 Å². The first-order valence-electron chi connectivity index (χ1n) is 4.12. The molecule has 2 rings (SSSR count).